The highest BCUT2D eigenvalue weighted by molar-refractivity contribution is 5.13. The Morgan fingerprint density at radius 2 is 2.00 bits per heavy atom. The van der Waals surface area contributed by atoms with Gasteiger partial charge in [0.15, 0.2) is 5.82 Å². The minimum Gasteiger partial charge on any atom is -0.369 e. The van der Waals surface area contributed by atoms with Crippen LogP contribution in [0.25, 0.3) is 0 Å². The summed E-state index contributed by atoms with van der Waals surface area (Å²) in [6, 6.07) is 9.92. The van der Waals surface area contributed by atoms with E-state index in [9.17, 15) is 0 Å². The molecule has 0 aliphatic carbocycles. The molecule has 5 nitrogen and oxygen atoms in total. The summed E-state index contributed by atoms with van der Waals surface area (Å²) in [7, 11) is 0. The van der Waals surface area contributed by atoms with Gasteiger partial charge in [-0.1, -0.05) is 35.5 Å². The quantitative estimate of drug-likeness (QED) is 0.819. The van der Waals surface area contributed by atoms with Crippen LogP contribution in [0, 0.1) is 0 Å². The number of hydrogen-bond acceptors (Lipinski definition) is 5. The van der Waals surface area contributed by atoms with Crippen LogP contribution in [0.2, 0.25) is 0 Å². The summed E-state index contributed by atoms with van der Waals surface area (Å²) in [4.78, 5) is 4.03. The molecule has 1 heterocycles. The minimum absolute atomic E-state index is 0.256. The zero-order chi connectivity index (χ0) is 11.2. The van der Waals surface area contributed by atoms with Gasteiger partial charge in [-0.2, -0.15) is 4.98 Å². The Hall–Kier alpha value is -1.72. The zero-order valence-electron chi connectivity index (χ0n) is 8.80. The molecule has 0 saturated carbocycles. The Kier molecular flexibility index (Phi) is 3.63. The van der Waals surface area contributed by atoms with Crippen molar-refractivity contribution < 1.29 is 9.26 Å². The summed E-state index contributed by atoms with van der Waals surface area (Å²) in [5.74, 6) is 0.953. The average Bonchev–Trinajstić information content (AvgIpc) is 2.78. The fraction of sp³-hybridized carbons (Fsp3) is 0.273. The van der Waals surface area contributed by atoms with E-state index in [1.165, 1.54) is 0 Å². The van der Waals surface area contributed by atoms with Crippen LogP contribution in [0.3, 0.4) is 0 Å². The van der Waals surface area contributed by atoms with Crippen molar-refractivity contribution in [3.63, 3.8) is 0 Å². The summed E-state index contributed by atoms with van der Waals surface area (Å²) in [6.07, 6.45) is 0. The molecule has 2 N–H and O–H groups in total. The number of aromatic nitrogens is 2. The first kappa shape index (κ1) is 10.8. The molecule has 2 rings (SSSR count). The number of benzene rings is 1. The fourth-order valence-corrected chi connectivity index (χ4v) is 1.27. The van der Waals surface area contributed by atoms with Gasteiger partial charge in [-0.15, -0.1) is 0 Å². The van der Waals surface area contributed by atoms with Crippen LogP contribution in [0.15, 0.2) is 34.9 Å². The van der Waals surface area contributed by atoms with Crippen LogP contribution in [-0.4, -0.2) is 10.1 Å². The van der Waals surface area contributed by atoms with E-state index >= 15 is 0 Å². The lowest BCUT2D eigenvalue weighted by Crippen LogP contribution is -1.98. The first-order chi connectivity index (χ1) is 7.88. The van der Waals surface area contributed by atoms with E-state index in [-0.39, 0.29) is 6.54 Å². The van der Waals surface area contributed by atoms with Crippen LogP contribution in [-0.2, 0) is 24.5 Å². The van der Waals surface area contributed by atoms with Crippen LogP contribution >= 0.6 is 0 Å². The van der Waals surface area contributed by atoms with Crippen LogP contribution in [0.1, 0.15) is 17.3 Å². The third-order valence-corrected chi connectivity index (χ3v) is 2.03. The maximum atomic E-state index is 5.44. The molecule has 0 amide bonds. The fourth-order valence-electron chi connectivity index (χ4n) is 1.27. The molecule has 0 unspecified atom stereocenters. The first-order valence-electron chi connectivity index (χ1n) is 5.01. The van der Waals surface area contributed by atoms with Crippen molar-refractivity contribution in [2.24, 2.45) is 5.73 Å². The molecule has 0 spiro atoms. The van der Waals surface area contributed by atoms with Gasteiger partial charge in [0.1, 0.15) is 6.61 Å². The van der Waals surface area contributed by atoms with Gasteiger partial charge in [-0.25, -0.2) is 0 Å². The number of hydrogen-bond donors (Lipinski definition) is 1. The molecule has 2 aromatic rings. The van der Waals surface area contributed by atoms with E-state index in [4.69, 9.17) is 15.0 Å². The highest BCUT2D eigenvalue weighted by Gasteiger charge is 2.03. The van der Waals surface area contributed by atoms with E-state index in [0.29, 0.717) is 24.9 Å². The Morgan fingerprint density at radius 1 is 1.19 bits per heavy atom. The largest absolute Gasteiger partial charge is 0.369 e. The molecule has 0 radical (unpaired) electrons. The van der Waals surface area contributed by atoms with E-state index < -0.39 is 0 Å². The molecule has 84 valence electrons. The normalized spacial score (nSPS) is 10.6. The van der Waals surface area contributed by atoms with Crippen molar-refractivity contribution in [1.82, 2.24) is 10.1 Å². The van der Waals surface area contributed by atoms with Gasteiger partial charge in [-0.3, -0.25) is 0 Å². The summed E-state index contributed by atoms with van der Waals surface area (Å²) in [6.45, 7) is 1.12. The van der Waals surface area contributed by atoms with Gasteiger partial charge in [0, 0.05) is 0 Å². The van der Waals surface area contributed by atoms with E-state index in [1.807, 2.05) is 30.3 Å². The average molecular weight is 219 g/mol. The molecule has 5 heteroatoms. The lowest BCUT2D eigenvalue weighted by atomic mass is 10.2. The molecule has 1 aromatic heterocycles. The number of ether oxygens (including phenoxy) is 1. The van der Waals surface area contributed by atoms with Gasteiger partial charge >= 0.3 is 0 Å². The Morgan fingerprint density at radius 3 is 2.69 bits per heavy atom. The minimum atomic E-state index is 0.256. The smallest absolute Gasteiger partial charge is 0.240 e. The SMILES string of the molecule is NCc1nc(COCc2ccccc2)no1. The second-order valence-corrected chi connectivity index (χ2v) is 3.29. The lowest BCUT2D eigenvalue weighted by molar-refractivity contribution is 0.0999. The third-order valence-electron chi connectivity index (χ3n) is 2.03. The highest BCUT2D eigenvalue weighted by atomic mass is 16.5. The zero-order valence-corrected chi connectivity index (χ0v) is 8.80. The lowest BCUT2D eigenvalue weighted by Gasteiger charge is -2.00. The Balaban J connectivity index is 1.80. The molecular weight excluding hydrogens is 206 g/mol. The van der Waals surface area contributed by atoms with E-state index in [0.717, 1.165) is 5.56 Å². The van der Waals surface area contributed by atoms with E-state index in [2.05, 4.69) is 10.1 Å². The predicted octanol–water partition coefficient (Wildman–Crippen LogP) is 1.25. The van der Waals surface area contributed by atoms with Crippen molar-refractivity contribution in [3.05, 3.63) is 47.6 Å². The van der Waals surface area contributed by atoms with Crippen LogP contribution in [0.4, 0.5) is 0 Å². The van der Waals surface area contributed by atoms with Crippen LogP contribution < -0.4 is 5.73 Å². The third kappa shape index (κ3) is 2.88. The molecule has 0 atom stereocenters. The van der Waals surface area contributed by atoms with Gasteiger partial charge in [-0.05, 0) is 5.56 Å². The molecular formula is C11H13N3O2. The molecule has 0 aliphatic heterocycles. The number of rotatable bonds is 5. The molecule has 0 aliphatic rings. The van der Waals surface area contributed by atoms with Gasteiger partial charge in [0.25, 0.3) is 0 Å². The van der Waals surface area contributed by atoms with Crippen molar-refractivity contribution in [1.29, 1.82) is 0 Å². The molecule has 1 aromatic carbocycles. The monoisotopic (exact) mass is 219 g/mol. The maximum Gasteiger partial charge on any atom is 0.240 e. The molecule has 16 heavy (non-hydrogen) atoms. The van der Waals surface area contributed by atoms with Gasteiger partial charge in [0.05, 0.1) is 13.2 Å². The van der Waals surface area contributed by atoms with Crippen molar-refractivity contribution in [2.75, 3.05) is 0 Å². The van der Waals surface area contributed by atoms with Crippen LogP contribution in [0.5, 0.6) is 0 Å². The summed E-state index contributed by atoms with van der Waals surface area (Å²) >= 11 is 0. The van der Waals surface area contributed by atoms with Gasteiger partial charge in [0.2, 0.25) is 5.89 Å². The predicted molar refractivity (Wildman–Crippen MR) is 57.1 cm³/mol. The second-order valence-electron chi connectivity index (χ2n) is 3.29. The van der Waals surface area contributed by atoms with Gasteiger partial charge < -0.3 is 15.0 Å². The van der Waals surface area contributed by atoms with E-state index in [1.54, 1.807) is 0 Å². The number of nitrogens with zero attached hydrogens (tertiary/aromatic N) is 2. The first-order valence-corrected chi connectivity index (χ1v) is 5.01. The highest BCUT2D eigenvalue weighted by Crippen LogP contribution is 2.03. The summed E-state index contributed by atoms with van der Waals surface area (Å²) in [5, 5.41) is 3.73. The molecule has 0 saturated heterocycles. The van der Waals surface area contributed by atoms with Crippen molar-refractivity contribution in [3.8, 4) is 0 Å². The maximum absolute atomic E-state index is 5.44. The summed E-state index contributed by atoms with van der Waals surface area (Å²) < 4.78 is 10.3. The van der Waals surface area contributed by atoms with Crippen molar-refractivity contribution in [2.45, 2.75) is 19.8 Å². The number of nitrogens with two attached hydrogens (primary N) is 1. The molecule has 0 bridgehead atoms. The molecule has 0 fully saturated rings. The second kappa shape index (κ2) is 5.39. The topological polar surface area (TPSA) is 74.2 Å². The Bertz CT molecular complexity index is 428. The Labute approximate surface area is 93.2 Å². The van der Waals surface area contributed by atoms with Crippen molar-refractivity contribution >= 4 is 0 Å². The summed E-state index contributed by atoms with van der Waals surface area (Å²) in [5.41, 5.74) is 6.46. The standard InChI is InChI=1S/C11H13N3O2/c12-6-11-13-10(14-16-11)8-15-7-9-4-2-1-3-5-9/h1-5H,6-8,12H2.